The van der Waals surface area contributed by atoms with Crippen LogP contribution in [0.3, 0.4) is 0 Å². The molecule has 1 aliphatic rings. The third-order valence-corrected chi connectivity index (χ3v) is 3.61. The monoisotopic (exact) mass is 249 g/mol. The largest absolute Gasteiger partial charge is 0.616 e. The van der Waals surface area contributed by atoms with Gasteiger partial charge in [0.25, 0.3) is 0 Å². The zero-order valence-electron chi connectivity index (χ0n) is 9.93. The average Bonchev–Trinajstić information content (AvgIpc) is 2.14. The van der Waals surface area contributed by atoms with Crippen molar-refractivity contribution in [2.45, 2.75) is 32.4 Å². The van der Waals surface area contributed by atoms with Gasteiger partial charge in [-0.05, 0) is 31.9 Å². The summed E-state index contributed by atoms with van der Waals surface area (Å²) in [6.07, 6.45) is -0.441. The van der Waals surface area contributed by atoms with Crippen molar-refractivity contribution in [3.63, 3.8) is 0 Å². The van der Waals surface area contributed by atoms with Crippen LogP contribution in [-0.4, -0.2) is 57.0 Å². The van der Waals surface area contributed by atoms with Crippen molar-refractivity contribution in [3.05, 3.63) is 0 Å². The zero-order valence-corrected chi connectivity index (χ0v) is 10.7. The second-order valence-corrected chi connectivity index (χ2v) is 6.44. The van der Waals surface area contributed by atoms with Crippen molar-refractivity contribution >= 4 is 17.3 Å². The molecule has 16 heavy (non-hydrogen) atoms. The van der Waals surface area contributed by atoms with Crippen LogP contribution in [0.4, 0.5) is 4.79 Å². The highest BCUT2D eigenvalue weighted by atomic mass is 32.2. The summed E-state index contributed by atoms with van der Waals surface area (Å²) in [5.74, 6) is 0.783. The SMILES string of the molecule is CC(C)(C)OC(=O)N1CC[S+]([O-])CC1CO. The van der Waals surface area contributed by atoms with E-state index in [1.165, 1.54) is 4.90 Å². The summed E-state index contributed by atoms with van der Waals surface area (Å²) in [7, 11) is 0. The van der Waals surface area contributed by atoms with Crippen LogP contribution in [0.25, 0.3) is 0 Å². The Morgan fingerprint density at radius 1 is 1.62 bits per heavy atom. The number of aliphatic hydroxyl groups is 1. The molecule has 94 valence electrons. The van der Waals surface area contributed by atoms with E-state index in [1.54, 1.807) is 20.8 Å². The standard InChI is InChI=1S/C10H19NO4S/c1-10(2,3)15-9(13)11-4-5-16(14)7-8(11)6-12/h8,12H,4-7H2,1-3H3. The number of nitrogens with zero attached hydrogens (tertiary/aromatic N) is 1. The minimum absolute atomic E-state index is 0.176. The molecule has 0 bridgehead atoms. The van der Waals surface area contributed by atoms with Crippen LogP contribution in [-0.2, 0) is 15.9 Å². The maximum Gasteiger partial charge on any atom is 0.410 e. The Balaban J connectivity index is 2.60. The highest BCUT2D eigenvalue weighted by Gasteiger charge is 2.35. The molecule has 1 heterocycles. The number of ether oxygens (including phenoxy) is 1. The van der Waals surface area contributed by atoms with Crippen LogP contribution in [0, 0.1) is 0 Å². The van der Waals surface area contributed by atoms with Gasteiger partial charge in [0.1, 0.15) is 23.1 Å². The molecule has 0 aromatic carbocycles. The van der Waals surface area contributed by atoms with Gasteiger partial charge in [0.15, 0.2) is 0 Å². The van der Waals surface area contributed by atoms with Crippen LogP contribution >= 0.6 is 0 Å². The van der Waals surface area contributed by atoms with Crippen LogP contribution < -0.4 is 0 Å². The maximum atomic E-state index is 11.8. The molecular weight excluding hydrogens is 230 g/mol. The van der Waals surface area contributed by atoms with E-state index in [1.807, 2.05) is 0 Å². The molecule has 0 radical (unpaired) electrons. The summed E-state index contributed by atoms with van der Waals surface area (Å²) in [6.45, 7) is 5.58. The van der Waals surface area contributed by atoms with E-state index < -0.39 is 22.9 Å². The summed E-state index contributed by atoms with van der Waals surface area (Å²) in [5, 5.41) is 9.14. The number of amides is 1. The fourth-order valence-electron chi connectivity index (χ4n) is 1.48. The van der Waals surface area contributed by atoms with Crippen LogP contribution in [0.1, 0.15) is 20.8 Å². The molecule has 5 nitrogen and oxygen atoms in total. The molecule has 1 fully saturated rings. The van der Waals surface area contributed by atoms with Gasteiger partial charge >= 0.3 is 6.09 Å². The van der Waals surface area contributed by atoms with Gasteiger partial charge in [-0.25, -0.2) is 4.79 Å². The maximum absolute atomic E-state index is 11.8. The first kappa shape index (κ1) is 13.6. The second kappa shape index (κ2) is 5.25. The summed E-state index contributed by atoms with van der Waals surface area (Å²) in [4.78, 5) is 13.2. The molecule has 0 spiro atoms. The minimum atomic E-state index is -0.940. The lowest BCUT2D eigenvalue weighted by Crippen LogP contribution is -2.54. The van der Waals surface area contributed by atoms with Crippen LogP contribution in [0.15, 0.2) is 0 Å². The molecule has 1 aliphatic heterocycles. The molecule has 2 atom stereocenters. The van der Waals surface area contributed by atoms with Crippen molar-refractivity contribution < 1.29 is 19.2 Å². The first-order valence-electron chi connectivity index (χ1n) is 5.29. The fourth-order valence-corrected chi connectivity index (χ4v) is 2.76. The molecule has 1 amide bonds. The molecule has 1 saturated heterocycles. The van der Waals surface area contributed by atoms with Crippen molar-refractivity contribution in [2.24, 2.45) is 0 Å². The highest BCUT2D eigenvalue weighted by molar-refractivity contribution is 7.91. The van der Waals surface area contributed by atoms with Crippen LogP contribution in [0.2, 0.25) is 0 Å². The average molecular weight is 249 g/mol. The molecule has 1 rings (SSSR count). The fraction of sp³-hybridized carbons (Fsp3) is 0.900. The van der Waals surface area contributed by atoms with Crippen molar-refractivity contribution in [2.75, 3.05) is 24.7 Å². The smallest absolute Gasteiger partial charge is 0.410 e. The Morgan fingerprint density at radius 2 is 2.25 bits per heavy atom. The van der Waals surface area contributed by atoms with Gasteiger partial charge in [-0.1, -0.05) is 0 Å². The molecule has 1 N–H and O–H groups in total. The van der Waals surface area contributed by atoms with Gasteiger partial charge in [0.05, 0.1) is 13.2 Å². The second-order valence-electron chi connectivity index (χ2n) is 4.82. The minimum Gasteiger partial charge on any atom is -0.616 e. The molecule has 0 aliphatic carbocycles. The Morgan fingerprint density at radius 3 is 2.75 bits per heavy atom. The predicted octanol–water partition coefficient (Wildman–Crippen LogP) is 0.347. The van der Waals surface area contributed by atoms with Crippen molar-refractivity contribution in [3.8, 4) is 0 Å². The third-order valence-electron chi connectivity index (χ3n) is 2.22. The van der Waals surface area contributed by atoms with E-state index in [4.69, 9.17) is 9.84 Å². The number of aliphatic hydroxyl groups excluding tert-OH is 1. The Labute approximate surface area is 98.9 Å². The summed E-state index contributed by atoms with van der Waals surface area (Å²) >= 11 is -0.940. The van der Waals surface area contributed by atoms with Gasteiger partial charge in [0, 0.05) is 0 Å². The number of hydrogen-bond acceptors (Lipinski definition) is 4. The number of hydrogen-bond donors (Lipinski definition) is 1. The van der Waals surface area contributed by atoms with E-state index >= 15 is 0 Å². The Kier molecular flexibility index (Phi) is 4.46. The molecule has 0 aromatic rings. The van der Waals surface area contributed by atoms with Gasteiger partial charge in [-0.15, -0.1) is 0 Å². The first-order valence-corrected chi connectivity index (χ1v) is 6.78. The third kappa shape index (κ3) is 3.84. The van der Waals surface area contributed by atoms with E-state index in [0.717, 1.165) is 0 Å². The van der Waals surface area contributed by atoms with E-state index in [0.29, 0.717) is 18.1 Å². The molecule has 2 unspecified atom stereocenters. The number of carbonyl (C=O) groups excluding carboxylic acids is 1. The lowest BCUT2D eigenvalue weighted by molar-refractivity contribution is 0.0124. The Bertz CT molecular complexity index is 254. The van der Waals surface area contributed by atoms with Crippen molar-refractivity contribution in [1.82, 2.24) is 4.90 Å². The van der Waals surface area contributed by atoms with Gasteiger partial charge < -0.3 is 14.4 Å². The topological polar surface area (TPSA) is 72.8 Å². The van der Waals surface area contributed by atoms with Gasteiger partial charge in [-0.2, -0.15) is 0 Å². The summed E-state index contributed by atoms with van der Waals surface area (Å²) < 4.78 is 16.5. The van der Waals surface area contributed by atoms with Crippen LogP contribution in [0.5, 0.6) is 0 Å². The lowest BCUT2D eigenvalue weighted by Gasteiger charge is -2.35. The van der Waals surface area contributed by atoms with E-state index in [9.17, 15) is 9.35 Å². The zero-order chi connectivity index (χ0) is 12.3. The summed E-state index contributed by atoms with van der Waals surface area (Å²) in [5.41, 5.74) is -0.548. The normalized spacial score (nSPS) is 26.7. The molecule has 0 aromatic heterocycles. The highest BCUT2D eigenvalue weighted by Crippen LogP contribution is 2.16. The van der Waals surface area contributed by atoms with E-state index in [-0.39, 0.29) is 12.6 Å². The number of rotatable bonds is 1. The van der Waals surface area contributed by atoms with E-state index in [2.05, 4.69) is 0 Å². The molecular formula is C10H19NO4S. The molecule has 6 heteroatoms. The first-order chi connectivity index (χ1) is 7.33. The van der Waals surface area contributed by atoms with Crippen molar-refractivity contribution in [1.29, 1.82) is 0 Å². The lowest BCUT2D eigenvalue weighted by atomic mass is 10.2. The quantitative estimate of drug-likeness (QED) is 0.680. The molecule has 0 saturated carbocycles. The Hall–Kier alpha value is -0.460. The summed E-state index contributed by atoms with van der Waals surface area (Å²) in [6, 6.07) is -0.385. The van der Waals surface area contributed by atoms with Gasteiger partial charge in [-0.3, -0.25) is 4.90 Å². The number of carbonyl (C=O) groups is 1. The predicted molar refractivity (Wildman–Crippen MR) is 61.7 cm³/mol. The van der Waals surface area contributed by atoms with Gasteiger partial charge in [0.2, 0.25) is 0 Å².